The van der Waals surface area contributed by atoms with Crippen molar-refractivity contribution in [1.29, 1.82) is 0 Å². The molecule has 1 amide bonds. The molecule has 0 fully saturated rings. The third kappa shape index (κ3) is 7.68. The van der Waals surface area contributed by atoms with Gasteiger partial charge in [-0.15, -0.1) is 10.2 Å². The zero-order valence-corrected chi connectivity index (χ0v) is 21.9. The van der Waals surface area contributed by atoms with Crippen molar-refractivity contribution in [1.82, 2.24) is 20.1 Å². The lowest BCUT2D eigenvalue weighted by molar-refractivity contribution is -0.119. The number of nitrogens with zero attached hydrogens (tertiary/aromatic N) is 3. The second-order valence-electron chi connectivity index (χ2n) is 8.95. The lowest BCUT2D eigenvalue weighted by Gasteiger charge is -2.14. The number of carbonyl (C=O) groups excluding carboxylic acids is 2. The summed E-state index contributed by atoms with van der Waals surface area (Å²) < 4.78 is 7.99. The van der Waals surface area contributed by atoms with Crippen LogP contribution in [0.15, 0.2) is 53.7 Å². The van der Waals surface area contributed by atoms with E-state index >= 15 is 0 Å². The second kappa shape index (κ2) is 12.5. The minimum absolute atomic E-state index is 0.0154. The number of rotatable bonds is 12. The van der Waals surface area contributed by atoms with Gasteiger partial charge in [0.05, 0.1) is 11.8 Å². The van der Waals surface area contributed by atoms with E-state index in [4.69, 9.17) is 4.74 Å². The highest BCUT2D eigenvalue weighted by molar-refractivity contribution is 7.99. The Morgan fingerprint density at radius 1 is 1.03 bits per heavy atom. The van der Waals surface area contributed by atoms with Crippen LogP contribution in [0.4, 0.5) is 0 Å². The number of ether oxygens (including phenoxy) is 1. The van der Waals surface area contributed by atoms with Crippen LogP contribution in [0.2, 0.25) is 0 Å². The van der Waals surface area contributed by atoms with Crippen LogP contribution in [-0.2, 0) is 24.4 Å². The highest BCUT2D eigenvalue weighted by Gasteiger charge is 2.17. The minimum Gasteiger partial charge on any atom is -0.486 e. The standard InChI is InChI=1S/C27H34N4O3S/c1-6-21-7-13-24(14-8-21)34-16-26-29-30-27(31(26)15-18(2)3)35-17-25(33)23-11-9-22(10-12-23)19(4)28-20(5)32/h7-14,18-19H,6,15-17H2,1-5H3,(H,28,32). The third-order valence-corrected chi connectivity index (χ3v) is 6.49. The molecule has 0 saturated heterocycles. The Labute approximate surface area is 211 Å². The normalized spacial score (nSPS) is 11.9. The minimum atomic E-state index is -0.106. The maximum atomic E-state index is 12.8. The molecule has 186 valence electrons. The Bertz CT molecular complexity index is 1120. The van der Waals surface area contributed by atoms with E-state index in [1.165, 1.54) is 24.2 Å². The van der Waals surface area contributed by atoms with Gasteiger partial charge in [-0.25, -0.2) is 0 Å². The maximum Gasteiger partial charge on any atom is 0.217 e. The molecule has 1 unspecified atom stereocenters. The van der Waals surface area contributed by atoms with Crippen LogP contribution in [0.1, 0.15) is 68.0 Å². The molecule has 0 aliphatic heterocycles. The number of ketones is 1. The zero-order chi connectivity index (χ0) is 25.4. The van der Waals surface area contributed by atoms with E-state index in [0.717, 1.165) is 30.1 Å². The number of amides is 1. The number of thioether (sulfide) groups is 1. The fourth-order valence-electron chi connectivity index (χ4n) is 3.61. The van der Waals surface area contributed by atoms with E-state index in [1.807, 2.05) is 35.8 Å². The fraction of sp³-hybridized carbons (Fsp3) is 0.407. The SMILES string of the molecule is CCc1ccc(OCc2nnc(SCC(=O)c3ccc(C(C)NC(C)=O)cc3)n2CC(C)C)cc1. The molecular formula is C27H34N4O3S. The van der Waals surface area contributed by atoms with Gasteiger partial charge in [0, 0.05) is 19.0 Å². The van der Waals surface area contributed by atoms with Crippen molar-refractivity contribution >= 4 is 23.5 Å². The second-order valence-corrected chi connectivity index (χ2v) is 9.89. The topological polar surface area (TPSA) is 86.1 Å². The molecule has 0 spiro atoms. The largest absolute Gasteiger partial charge is 0.486 e. The third-order valence-electron chi connectivity index (χ3n) is 5.53. The van der Waals surface area contributed by atoms with Gasteiger partial charge >= 0.3 is 0 Å². The quantitative estimate of drug-likeness (QED) is 0.273. The van der Waals surface area contributed by atoms with Gasteiger partial charge < -0.3 is 14.6 Å². The molecule has 35 heavy (non-hydrogen) atoms. The van der Waals surface area contributed by atoms with Crippen molar-refractivity contribution in [2.24, 2.45) is 5.92 Å². The van der Waals surface area contributed by atoms with Crippen LogP contribution in [0.3, 0.4) is 0 Å². The summed E-state index contributed by atoms with van der Waals surface area (Å²) in [6.45, 7) is 10.9. The highest BCUT2D eigenvalue weighted by Crippen LogP contribution is 2.22. The first-order chi connectivity index (χ1) is 16.8. The molecule has 0 radical (unpaired) electrons. The van der Waals surface area contributed by atoms with E-state index < -0.39 is 0 Å². The van der Waals surface area contributed by atoms with Gasteiger partial charge in [-0.3, -0.25) is 9.59 Å². The van der Waals surface area contributed by atoms with Crippen LogP contribution >= 0.6 is 11.8 Å². The van der Waals surface area contributed by atoms with E-state index in [1.54, 1.807) is 12.1 Å². The first kappa shape index (κ1) is 26.5. The van der Waals surface area contributed by atoms with Crippen molar-refractivity contribution in [3.8, 4) is 5.75 Å². The van der Waals surface area contributed by atoms with Gasteiger partial charge in [0.25, 0.3) is 0 Å². The van der Waals surface area contributed by atoms with E-state index in [0.29, 0.717) is 23.2 Å². The van der Waals surface area contributed by atoms with Crippen LogP contribution in [-0.4, -0.2) is 32.2 Å². The molecule has 3 rings (SSSR count). The highest BCUT2D eigenvalue weighted by atomic mass is 32.2. The van der Waals surface area contributed by atoms with Crippen molar-refractivity contribution in [2.45, 2.75) is 65.4 Å². The Morgan fingerprint density at radius 3 is 2.31 bits per heavy atom. The number of nitrogens with one attached hydrogen (secondary N) is 1. The van der Waals surface area contributed by atoms with Crippen molar-refractivity contribution in [2.75, 3.05) is 5.75 Å². The summed E-state index contributed by atoms with van der Waals surface area (Å²) in [7, 11) is 0. The molecule has 1 heterocycles. The smallest absolute Gasteiger partial charge is 0.217 e. The number of Topliss-reactive ketones (excluding diaryl/α,β-unsaturated/α-hetero) is 1. The number of aryl methyl sites for hydroxylation is 1. The lowest BCUT2D eigenvalue weighted by atomic mass is 10.0. The molecule has 1 N–H and O–H groups in total. The van der Waals surface area contributed by atoms with Crippen molar-refractivity contribution in [3.63, 3.8) is 0 Å². The summed E-state index contributed by atoms with van der Waals surface area (Å²) in [5.74, 6) is 2.12. The Hall–Kier alpha value is -3.13. The van der Waals surface area contributed by atoms with Crippen LogP contribution in [0.5, 0.6) is 5.75 Å². The van der Waals surface area contributed by atoms with E-state index in [9.17, 15) is 9.59 Å². The van der Waals surface area contributed by atoms with Crippen molar-refractivity contribution in [3.05, 3.63) is 71.0 Å². The molecule has 1 aromatic heterocycles. The number of benzene rings is 2. The number of aromatic nitrogens is 3. The Balaban J connectivity index is 1.64. The molecule has 0 aliphatic carbocycles. The van der Waals surface area contributed by atoms with E-state index in [-0.39, 0.29) is 23.5 Å². The zero-order valence-electron chi connectivity index (χ0n) is 21.1. The van der Waals surface area contributed by atoms with Crippen LogP contribution < -0.4 is 10.1 Å². The number of hydrogen-bond acceptors (Lipinski definition) is 6. The maximum absolute atomic E-state index is 12.8. The summed E-state index contributed by atoms with van der Waals surface area (Å²) >= 11 is 1.39. The molecule has 3 aromatic rings. The fourth-order valence-corrected chi connectivity index (χ4v) is 4.47. The summed E-state index contributed by atoms with van der Waals surface area (Å²) in [5.41, 5.74) is 2.85. The van der Waals surface area contributed by atoms with Gasteiger partial charge in [-0.2, -0.15) is 0 Å². The van der Waals surface area contributed by atoms with Crippen LogP contribution in [0, 0.1) is 5.92 Å². The van der Waals surface area contributed by atoms with Crippen LogP contribution in [0.25, 0.3) is 0 Å². The summed E-state index contributed by atoms with van der Waals surface area (Å²) in [5, 5.41) is 12.2. The average Bonchev–Trinajstić information content (AvgIpc) is 3.21. The summed E-state index contributed by atoms with van der Waals surface area (Å²) in [6.07, 6.45) is 0.989. The lowest BCUT2D eigenvalue weighted by Crippen LogP contribution is -2.23. The molecule has 2 aromatic carbocycles. The van der Waals surface area contributed by atoms with Gasteiger partial charge in [-0.1, -0.05) is 68.9 Å². The molecule has 7 nitrogen and oxygen atoms in total. The molecule has 1 atom stereocenters. The van der Waals surface area contributed by atoms with Gasteiger partial charge in [0.15, 0.2) is 16.8 Å². The first-order valence-corrected chi connectivity index (χ1v) is 12.9. The number of hydrogen-bond donors (Lipinski definition) is 1. The monoisotopic (exact) mass is 494 g/mol. The van der Waals surface area contributed by atoms with Gasteiger partial charge in [-0.05, 0) is 42.5 Å². The molecule has 0 aliphatic rings. The van der Waals surface area contributed by atoms with Gasteiger partial charge in [0.2, 0.25) is 5.91 Å². The molecule has 0 bridgehead atoms. The summed E-state index contributed by atoms with van der Waals surface area (Å²) in [6, 6.07) is 15.3. The number of carbonyl (C=O) groups is 2. The first-order valence-electron chi connectivity index (χ1n) is 11.9. The predicted molar refractivity (Wildman–Crippen MR) is 139 cm³/mol. The molecule has 0 saturated carbocycles. The molecule has 8 heteroatoms. The Kier molecular flexibility index (Phi) is 9.48. The van der Waals surface area contributed by atoms with Gasteiger partial charge in [0.1, 0.15) is 12.4 Å². The van der Waals surface area contributed by atoms with E-state index in [2.05, 4.69) is 48.4 Å². The molecular weight excluding hydrogens is 460 g/mol. The summed E-state index contributed by atoms with van der Waals surface area (Å²) in [4.78, 5) is 24.1. The predicted octanol–water partition coefficient (Wildman–Crippen LogP) is 5.25. The van der Waals surface area contributed by atoms with Crippen molar-refractivity contribution < 1.29 is 14.3 Å². The average molecular weight is 495 g/mol. The Morgan fingerprint density at radius 2 is 1.71 bits per heavy atom.